The summed E-state index contributed by atoms with van der Waals surface area (Å²) >= 11 is 1.23. The summed E-state index contributed by atoms with van der Waals surface area (Å²) in [6.07, 6.45) is 1.48. The van der Waals surface area contributed by atoms with Gasteiger partial charge in [0.05, 0.1) is 6.61 Å². The highest BCUT2D eigenvalue weighted by Crippen LogP contribution is 2.30. The van der Waals surface area contributed by atoms with E-state index in [-0.39, 0.29) is 5.57 Å². The van der Waals surface area contributed by atoms with Gasteiger partial charge >= 0.3 is 0 Å². The SMILES string of the molecule is CCOc1cc(C=C(C#N)C(=O)Nc2nnc(C)s2)ccc1OCCOc1ccc(C)cc1C. The van der Waals surface area contributed by atoms with Crippen molar-refractivity contribution in [3.63, 3.8) is 0 Å². The van der Waals surface area contributed by atoms with Gasteiger partial charge in [-0.15, -0.1) is 10.2 Å². The third-order valence-electron chi connectivity index (χ3n) is 4.62. The molecule has 0 aliphatic rings. The van der Waals surface area contributed by atoms with E-state index in [9.17, 15) is 10.1 Å². The number of carbonyl (C=O) groups is 1. The fourth-order valence-corrected chi connectivity index (χ4v) is 3.68. The molecule has 0 saturated heterocycles. The van der Waals surface area contributed by atoms with Gasteiger partial charge in [0.25, 0.3) is 5.91 Å². The lowest BCUT2D eigenvalue weighted by molar-refractivity contribution is -0.112. The van der Waals surface area contributed by atoms with Crippen molar-refractivity contribution in [2.75, 3.05) is 25.1 Å². The molecule has 0 radical (unpaired) electrons. The Bertz CT molecular complexity index is 1230. The number of aryl methyl sites for hydroxylation is 3. The Kier molecular flexibility index (Phi) is 8.60. The zero-order chi connectivity index (χ0) is 24.5. The summed E-state index contributed by atoms with van der Waals surface area (Å²) in [5.74, 6) is 1.34. The molecule has 3 rings (SSSR count). The van der Waals surface area contributed by atoms with Crippen LogP contribution in [-0.2, 0) is 4.79 Å². The molecule has 0 saturated carbocycles. The number of nitrogens with zero attached hydrogens (tertiary/aromatic N) is 3. The molecule has 176 valence electrons. The van der Waals surface area contributed by atoms with Gasteiger partial charge in [0, 0.05) is 0 Å². The number of hydrogen-bond acceptors (Lipinski definition) is 8. The summed E-state index contributed by atoms with van der Waals surface area (Å²) in [5.41, 5.74) is 2.82. The Morgan fingerprint density at radius 2 is 1.76 bits per heavy atom. The van der Waals surface area contributed by atoms with E-state index in [0.29, 0.717) is 47.0 Å². The van der Waals surface area contributed by atoms with Gasteiger partial charge in [0.2, 0.25) is 5.13 Å². The van der Waals surface area contributed by atoms with Gasteiger partial charge in [0.15, 0.2) is 11.5 Å². The maximum Gasteiger partial charge on any atom is 0.268 e. The van der Waals surface area contributed by atoms with Crippen LogP contribution in [0.3, 0.4) is 0 Å². The van der Waals surface area contributed by atoms with E-state index in [4.69, 9.17) is 14.2 Å². The second kappa shape index (κ2) is 11.8. The van der Waals surface area contributed by atoms with E-state index in [1.165, 1.54) is 23.0 Å². The number of amides is 1. The van der Waals surface area contributed by atoms with Crippen LogP contribution in [0.1, 0.15) is 28.6 Å². The summed E-state index contributed by atoms with van der Waals surface area (Å²) in [6, 6.07) is 13.2. The van der Waals surface area contributed by atoms with Crippen LogP contribution in [0.5, 0.6) is 17.2 Å². The van der Waals surface area contributed by atoms with Crippen molar-refractivity contribution in [1.29, 1.82) is 5.26 Å². The molecule has 3 aromatic rings. The lowest BCUT2D eigenvalue weighted by Gasteiger charge is -2.14. The van der Waals surface area contributed by atoms with Gasteiger partial charge in [-0.1, -0.05) is 35.1 Å². The molecular formula is C25H26N4O4S. The van der Waals surface area contributed by atoms with Gasteiger partial charge in [-0.25, -0.2) is 0 Å². The van der Waals surface area contributed by atoms with Crippen molar-refractivity contribution in [2.24, 2.45) is 0 Å². The number of carbonyl (C=O) groups excluding carboxylic acids is 1. The Balaban J connectivity index is 1.66. The maximum atomic E-state index is 12.4. The summed E-state index contributed by atoms with van der Waals surface area (Å²) in [5, 5.41) is 20.8. The molecule has 0 bridgehead atoms. The fraction of sp³-hybridized carbons (Fsp3) is 0.280. The highest BCUT2D eigenvalue weighted by Gasteiger charge is 2.13. The van der Waals surface area contributed by atoms with Gasteiger partial charge in [-0.2, -0.15) is 5.26 Å². The molecule has 0 aliphatic carbocycles. The van der Waals surface area contributed by atoms with Crippen LogP contribution in [0.15, 0.2) is 42.0 Å². The molecule has 34 heavy (non-hydrogen) atoms. The number of rotatable bonds is 10. The molecule has 0 spiro atoms. The van der Waals surface area contributed by atoms with Crippen molar-refractivity contribution >= 4 is 28.5 Å². The van der Waals surface area contributed by atoms with Gasteiger partial charge in [0.1, 0.15) is 35.6 Å². The van der Waals surface area contributed by atoms with Crippen LogP contribution in [0.2, 0.25) is 0 Å². The van der Waals surface area contributed by atoms with Crippen molar-refractivity contribution in [3.05, 3.63) is 63.7 Å². The van der Waals surface area contributed by atoms with Crippen molar-refractivity contribution in [1.82, 2.24) is 10.2 Å². The van der Waals surface area contributed by atoms with Crippen LogP contribution in [0, 0.1) is 32.1 Å². The smallest absolute Gasteiger partial charge is 0.268 e. The highest BCUT2D eigenvalue weighted by molar-refractivity contribution is 7.15. The molecule has 8 nitrogen and oxygen atoms in total. The highest BCUT2D eigenvalue weighted by atomic mass is 32.1. The number of anilines is 1. The lowest BCUT2D eigenvalue weighted by Crippen LogP contribution is -2.13. The van der Waals surface area contributed by atoms with Crippen LogP contribution in [0.25, 0.3) is 6.08 Å². The normalized spacial score (nSPS) is 11.0. The predicted octanol–water partition coefficient (Wildman–Crippen LogP) is 4.87. The van der Waals surface area contributed by atoms with Gasteiger partial charge < -0.3 is 14.2 Å². The topological polar surface area (TPSA) is 106 Å². The minimum absolute atomic E-state index is 0.0640. The van der Waals surface area contributed by atoms with Crippen LogP contribution in [-0.4, -0.2) is 35.9 Å². The first-order chi connectivity index (χ1) is 16.4. The molecule has 0 unspecified atom stereocenters. The summed E-state index contributed by atoms with van der Waals surface area (Å²) < 4.78 is 17.4. The van der Waals surface area contributed by atoms with Gasteiger partial charge in [-0.05, 0) is 63.1 Å². The molecule has 1 N–H and O–H groups in total. The molecule has 0 fully saturated rings. The van der Waals surface area contributed by atoms with Gasteiger partial charge in [-0.3, -0.25) is 10.1 Å². The molecule has 0 aliphatic heterocycles. The minimum atomic E-state index is -0.555. The third-order valence-corrected chi connectivity index (χ3v) is 5.37. The molecule has 0 atom stereocenters. The van der Waals surface area contributed by atoms with Crippen LogP contribution in [0.4, 0.5) is 5.13 Å². The zero-order valence-electron chi connectivity index (χ0n) is 19.5. The molecule has 1 amide bonds. The van der Waals surface area contributed by atoms with E-state index < -0.39 is 5.91 Å². The van der Waals surface area contributed by atoms with Crippen LogP contribution < -0.4 is 19.5 Å². The minimum Gasteiger partial charge on any atom is -0.490 e. The van der Waals surface area contributed by atoms with Crippen molar-refractivity contribution in [2.45, 2.75) is 27.7 Å². The maximum absolute atomic E-state index is 12.4. The molecular weight excluding hydrogens is 452 g/mol. The lowest BCUT2D eigenvalue weighted by atomic mass is 10.1. The second-order valence-corrected chi connectivity index (χ2v) is 8.54. The standard InChI is InChI=1S/C25H26N4O4S/c1-5-31-23-14-19(13-20(15-26)24(30)27-25-29-28-18(4)34-25)7-9-22(23)33-11-10-32-21-8-6-16(2)12-17(21)3/h6-9,12-14H,5,10-11H2,1-4H3,(H,27,29,30). The first-order valence-corrected chi connectivity index (χ1v) is 11.5. The molecule has 1 heterocycles. The first kappa shape index (κ1) is 24.7. The van der Waals surface area contributed by atoms with E-state index >= 15 is 0 Å². The van der Waals surface area contributed by atoms with E-state index in [1.807, 2.05) is 39.0 Å². The Hall–Kier alpha value is -3.90. The monoisotopic (exact) mass is 478 g/mol. The van der Waals surface area contributed by atoms with E-state index in [2.05, 4.69) is 21.6 Å². The number of nitrogens with one attached hydrogen (secondary N) is 1. The summed E-state index contributed by atoms with van der Waals surface area (Å²) in [7, 11) is 0. The second-order valence-electron chi connectivity index (χ2n) is 7.36. The number of hydrogen-bond donors (Lipinski definition) is 1. The van der Waals surface area contributed by atoms with Crippen molar-refractivity contribution < 1.29 is 19.0 Å². The largest absolute Gasteiger partial charge is 0.490 e. The number of nitriles is 1. The summed E-state index contributed by atoms with van der Waals surface area (Å²) in [6.45, 7) is 8.84. The molecule has 1 aromatic heterocycles. The van der Waals surface area contributed by atoms with E-state index in [0.717, 1.165) is 11.3 Å². The van der Waals surface area contributed by atoms with Crippen molar-refractivity contribution in [3.8, 4) is 23.3 Å². The van der Waals surface area contributed by atoms with Crippen LogP contribution >= 0.6 is 11.3 Å². The molecule has 2 aromatic carbocycles. The number of benzene rings is 2. The average Bonchev–Trinajstić information content (AvgIpc) is 3.21. The number of ether oxygens (including phenoxy) is 3. The quantitative estimate of drug-likeness (QED) is 0.252. The third kappa shape index (κ3) is 6.80. The first-order valence-electron chi connectivity index (χ1n) is 10.7. The Morgan fingerprint density at radius 1 is 1.03 bits per heavy atom. The average molecular weight is 479 g/mol. The Morgan fingerprint density at radius 3 is 2.41 bits per heavy atom. The fourth-order valence-electron chi connectivity index (χ4n) is 3.09. The molecule has 9 heteroatoms. The predicted molar refractivity (Wildman–Crippen MR) is 131 cm³/mol. The number of aromatic nitrogens is 2. The summed E-state index contributed by atoms with van der Waals surface area (Å²) in [4.78, 5) is 12.4. The Labute approximate surface area is 202 Å². The van der Waals surface area contributed by atoms with E-state index in [1.54, 1.807) is 25.1 Å². The zero-order valence-corrected chi connectivity index (χ0v) is 20.4.